The minimum Gasteiger partial charge on any atom is -0.352 e. The number of hydrogen-bond acceptors (Lipinski definition) is 3. The molecule has 2 aromatic rings. The summed E-state index contributed by atoms with van der Waals surface area (Å²) in [6.45, 7) is 12.0. The van der Waals surface area contributed by atoms with Gasteiger partial charge in [0.1, 0.15) is 0 Å². The van der Waals surface area contributed by atoms with Crippen molar-refractivity contribution in [2.24, 2.45) is 17.8 Å². The van der Waals surface area contributed by atoms with Gasteiger partial charge in [-0.2, -0.15) is 0 Å². The van der Waals surface area contributed by atoms with Crippen LogP contribution < -0.4 is 10.6 Å². The van der Waals surface area contributed by atoms with Gasteiger partial charge in [-0.1, -0.05) is 96.5 Å². The van der Waals surface area contributed by atoms with E-state index in [0.717, 1.165) is 35.1 Å². The average molecular weight is 465 g/mol. The fourth-order valence-electron chi connectivity index (χ4n) is 3.76. The summed E-state index contributed by atoms with van der Waals surface area (Å²) in [6, 6.07) is 15.8. The summed E-state index contributed by atoms with van der Waals surface area (Å²) >= 11 is 0. The van der Waals surface area contributed by atoms with Crippen LogP contribution in [0.25, 0.3) is 11.1 Å². The zero-order chi connectivity index (χ0) is 25.3. The maximum Gasteiger partial charge on any atom is 0.223 e. The summed E-state index contributed by atoms with van der Waals surface area (Å²) in [5.41, 5.74) is 4.23. The second-order valence-electron chi connectivity index (χ2n) is 9.78. The zero-order valence-corrected chi connectivity index (χ0v) is 21.5. The predicted molar refractivity (Wildman–Crippen MR) is 138 cm³/mol. The molecule has 2 N–H and O–H groups in total. The number of amides is 2. The fraction of sp³-hybridized carbons (Fsp3) is 0.483. The second-order valence-corrected chi connectivity index (χ2v) is 9.78. The van der Waals surface area contributed by atoms with Gasteiger partial charge in [0, 0.05) is 24.3 Å². The number of Topliss-reactive ketones (excluding diaryl/α,β-unsaturated/α-hetero) is 1. The van der Waals surface area contributed by atoms with Gasteiger partial charge in [-0.05, 0) is 35.1 Å². The summed E-state index contributed by atoms with van der Waals surface area (Å²) < 4.78 is 0. The first-order valence-corrected chi connectivity index (χ1v) is 12.4. The van der Waals surface area contributed by atoms with Gasteiger partial charge in [0.05, 0.1) is 6.04 Å². The number of nitrogens with one attached hydrogen (secondary N) is 2. The van der Waals surface area contributed by atoms with E-state index in [-0.39, 0.29) is 35.4 Å². The van der Waals surface area contributed by atoms with Crippen LogP contribution in [0.5, 0.6) is 0 Å². The van der Waals surface area contributed by atoms with Crippen molar-refractivity contribution in [3.63, 3.8) is 0 Å². The molecule has 184 valence electrons. The Morgan fingerprint density at radius 2 is 1.24 bits per heavy atom. The molecule has 0 saturated carbocycles. The van der Waals surface area contributed by atoms with Crippen LogP contribution in [0.4, 0.5) is 0 Å². The van der Waals surface area contributed by atoms with E-state index in [2.05, 4.69) is 17.6 Å². The molecule has 0 aliphatic carbocycles. The van der Waals surface area contributed by atoms with Crippen molar-refractivity contribution in [2.45, 2.75) is 73.4 Å². The van der Waals surface area contributed by atoms with Gasteiger partial charge in [-0.25, -0.2) is 0 Å². The third-order valence-corrected chi connectivity index (χ3v) is 6.06. The van der Waals surface area contributed by atoms with E-state index < -0.39 is 6.04 Å². The molecule has 0 heterocycles. The third kappa shape index (κ3) is 8.12. The summed E-state index contributed by atoms with van der Waals surface area (Å²) in [7, 11) is 0. The van der Waals surface area contributed by atoms with E-state index in [1.165, 1.54) is 0 Å². The van der Waals surface area contributed by atoms with E-state index >= 15 is 0 Å². The lowest BCUT2D eigenvalue weighted by molar-refractivity contribution is -0.131. The van der Waals surface area contributed by atoms with E-state index in [1.807, 2.05) is 83.1 Å². The Labute approximate surface area is 204 Å². The molecule has 5 heteroatoms. The molecule has 0 aliphatic rings. The highest BCUT2D eigenvalue weighted by Crippen LogP contribution is 2.22. The van der Waals surface area contributed by atoms with Crippen molar-refractivity contribution < 1.29 is 14.4 Å². The number of ketones is 1. The van der Waals surface area contributed by atoms with Crippen molar-refractivity contribution in [1.29, 1.82) is 0 Å². The standard InChI is InChI=1S/C29H40N2O3/c1-7-8-21(6)27(32)26(31-29(34)20(4)5)17-22-9-13-24(14-10-22)25-15-11-23(12-16-25)18-30-28(33)19(2)3/h9-16,19-21,26H,7-8,17-18H2,1-6H3,(H,30,33)(H,31,34)/t21?,26-/m0/s1. The highest BCUT2D eigenvalue weighted by molar-refractivity contribution is 5.91. The largest absolute Gasteiger partial charge is 0.352 e. The Bertz CT molecular complexity index is 946. The lowest BCUT2D eigenvalue weighted by atomic mass is 9.91. The molecule has 2 atom stereocenters. The lowest BCUT2D eigenvalue weighted by Crippen LogP contribution is -2.46. The average Bonchev–Trinajstić information content (AvgIpc) is 2.82. The van der Waals surface area contributed by atoms with Crippen molar-refractivity contribution in [1.82, 2.24) is 10.6 Å². The molecule has 0 saturated heterocycles. The van der Waals surface area contributed by atoms with Gasteiger partial charge < -0.3 is 10.6 Å². The Kier molecular flexibility index (Phi) is 10.5. The number of carbonyl (C=O) groups is 3. The fourth-order valence-corrected chi connectivity index (χ4v) is 3.76. The summed E-state index contributed by atoms with van der Waals surface area (Å²) in [5, 5.41) is 5.90. The molecule has 0 bridgehead atoms. The van der Waals surface area contributed by atoms with Gasteiger partial charge in [-0.15, -0.1) is 0 Å². The van der Waals surface area contributed by atoms with E-state index in [9.17, 15) is 14.4 Å². The second kappa shape index (κ2) is 13.1. The molecule has 0 fully saturated rings. The quantitative estimate of drug-likeness (QED) is 0.447. The normalized spacial score (nSPS) is 12.9. The molecule has 2 amide bonds. The summed E-state index contributed by atoms with van der Waals surface area (Å²) in [6.07, 6.45) is 2.25. The number of rotatable bonds is 12. The Morgan fingerprint density at radius 1 is 0.735 bits per heavy atom. The first-order chi connectivity index (χ1) is 16.1. The predicted octanol–water partition coefficient (Wildman–Crippen LogP) is 5.31. The SMILES string of the molecule is CCCC(C)C(=O)[C@H](Cc1ccc(-c2ccc(CNC(=O)C(C)C)cc2)cc1)NC(=O)C(C)C. The topological polar surface area (TPSA) is 75.3 Å². The molecule has 5 nitrogen and oxygen atoms in total. The maximum absolute atomic E-state index is 13.0. The van der Waals surface area contributed by atoms with Crippen molar-refractivity contribution in [3.8, 4) is 11.1 Å². The maximum atomic E-state index is 13.0. The molecule has 34 heavy (non-hydrogen) atoms. The first-order valence-electron chi connectivity index (χ1n) is 12.4. The third-order valence-electron chi connectivity index (χ3n) is 6.06. The van der Waals surface area contributed by atoms with Crippen LogP contribution in [0.1, 0.15) is 65.5 Å². The minimum absolute atomic E-state index is 0.0266. The minimum atomic E-state index is -0.511. The van der Waals surface area contributed by atoms with Gasteiger partial charge in [0.2, 0.25) is 11.8 Å². The van der Waals surface area contributed by atoms with Crippen LogP contribution in [-0.4, -0.2) is 23.6 Å². The lowest BCUT2D eigenvalue weighted by Gasteiger charge is -2.22. The van der Waals surface area contributed by atoms with Crippen LogP contribution >= 0.6 is 0 Å². The van der Waals surface area contributed by atoms with Crippen LogP contribution in [-0.2, 0) is 27.3 Å². The molecular weight excluding hydrogens is 424 g/mol. The van der Waals surface area contributed by atoms with E-state index in [4.69, 9.17) is 0 Å². The van der Waals surface area contributed by atoms with Gasteiger partial charge in [0.25, 0.3) is 0 Å². The molecular formula is C29H40N2O3. The molecule has 0 radical (unpaired) electrons. The molecule has 2 aromatic carbocycles. The molecule has 2 rings (SSSR count). The van der Waals surface area contributed by atoms with Crippen LogP contribution in [0.3, 0.4) is 0 Å². The number of benzene rings is 2. The van der Waals surface area contributed by atoms with Crippen LogP contribution in [0.2, 0.25) is 0 Å². The van der Waals surface area contributed by atoms with Gasteiger partial charge >= 0.3 is 0 Å². The summed E-state index contributed by atoms with van der Waals surface area (Å²) in [4.78, 5) is 37.1. The highest BCUT2D eigenvalue weighted by Gasteiger charge is 2.26. The number of carbonyl (C=O) groups excluding carboxylic acids is 3. The van der Waals surface area contributed by atoms with Gasteiger partial charge in [-0.3, -0.25) is 14.4 Å². The van der Waals surface area contributed by atoms with Crippen LogP contribution in [0, 0.1) is 17.8 Å². The molecule has 1 unspecified atom stereocenters. The monoisotopic (exact) mass is 464 g/mol. The van der Waals surface area contributed by atoms with E-state index in [1.54, 1.807) is 0 Å². The zero-order valence-electron chi connectivity index (χ0n) is 21.5. The molecule has 0 spiro atoms. The number of hydrogen-bond donors (Lipinski definition) is 2. The highest BCUT2D eigenvalue weighted by atomic mass is 16.2. The Morgan fingerprint density at radius 3 is 1.71 bits per heavy atom. The first kappa shape index (κ1) is 27.3. The Hall–Kier alpha value is -2.95. The van der Waals surface area contributed by atoms with E-state index in [0.29, 0.717) is 13.0 Å². The van der Waals surface area contributed by atoms with Crippen molar-refractivity contribution >= 4 is 17.6 Å². The molecule has 0 aliphatic heterocycles. The molecule has 0 aromatic heterocycles. The van der Waals surface area contributed by atoms with Crippen LogP contribution in [0.15, 0.2) is 48.5 Å². The smallest absolute Gasteiger partial charge is 0.223 e. The van der Waals surface area contributed by atoms with Crippen molar-refractivity contribution in [2.75, 3.05) is 0 Å². The van der Waals surface area contributed by atoms with Crippen molar-refractivity contribution in [3.05, 3.63) is 59.7 Å². The summed E-state index contributed by atoms with van der Waals surface area (Å²) in [5.74, 6) is -0.221. The van der Waals surface area contributed by atoms with Gasteiger partial charge in [0.15, 0.2) is 5.78 Å². The Balaban J connectivity index is 2.09.